The molecular formula is CFeMnO4. The third-order valence-corrected chi connectivity index (χ3v) is 0. The monoisotopic (exact) mass is 187 g/mol. The van der Waals surface area contributed by atoms with Gasteiger partial charge in [-0.15, -0.1) is 0 Å². The molecule has 4 nitrogen and oxygen atoms in total. The van der Waals surface area contributed by atoms with Gasteiger partial charge in [0.1, 0.15) is 0 Å². The van der Waals surface area contributed by atoms with Gasteiger partial charge in [0.05, 0.1) is 0 Å². The first-order chi connectivity index (χ1) is 2.73. The van der Waals surface area contributed by atoms with E-state index in [0.717, 1.165) is 0 Å². The minimum absolute atomic E-state index is 0. The van der Waals surface area contributed by atoms with Gasteiger partial charge >= 0.3 is 36.8 Å². The van der Waals surface area contributed by atoms with Gasteiger partial charge in [0.25, 0.3) is 0 Å². The molecule has 6 heteroatoms. The van der Waals surface area contributed by atoms with Crippen LogP contribution < -0.4 is 10.2 Å². The molecule has 0 atom stereocenters. The first-order valence-electron chi connectivity index (χ1n) is 0.757. The van der Waals surface area contributed by atoms with Crippen molar-refractivity contribution >= 4 is 6.16 Å². The maximum absolute atomic E-state index is 8.33. The summed E-state index contributed by atoms with van der Waals surface area (Å²) in [5.74, 6) is 0. The Bertz CT molecular complexity index is 43.0. The van der Waals surface area contributed by atoms with Crippen LogP contribution in [-0.4, -0.2) is 6.16 Å². The second-order valence-electron chi connectivity index (χ2n) is 0.250. The normalized spacial score (nSPS) is 4.14. The van der Waals surface area contributed by atoms with Crippen LogP contribution in [0.4, 0.5) is 4.79 Å². The van der Waals surface area contributed by atoms with Crippen LogP contribution in [0.5, 0.6) is 0 Å². The van der Waals surface area contributed by atoms with Gasteiger partial charge in [-0.1, -0.05) is 0 Å². The third kappa shape index (κ3) is 8690. The molecule has 0 aromatic heterocycles. The summed E-state index contributed by atoms with van der Waals surface area (Å²) in [6.07, 6.45) is -2.33. The second-order valence-corrected chi connectivity index (χ2v) is 0.250. The fourth-order valence-corrected chi connectivity index (χ4v) is 0. The summed E-state index contributed by atoms with van der Waals surface area (Å²) >= 11 is 2.00. The van der Waals surface area contributed by atoms with E-state index in [1.54, 1.807) is 0 Å². The molecule has 0 heterocycles. The topological polar surface area (TPSA) is 80.3 Å². The van der Waals surface area contributed by atoms with Crippen LogP contribution in [0.2, 0.25) is 0 Å². The molecule has 0 aromatic carbocycles. The van der Waals surface area contributed by atoms with Crippen LogP contribution in [0.25, 0.3) is 0 Å². The van der Waals surface area contributed by atoms with Crippen molar-refractivity contribution in [3.63, 3.8) is 0 Å². The van der Waals surface area contributed by atoms with E-state index in [1.807, 2.05) is 15.9 Å². The van der Waals surface area contributed by atoms with Gasteiger partial charge in [-0.2, -0.15) is 0 Å². The summed E-state index contributed by atoms with van der Waals surface area (Å²) in [5, 5.41) is 16.7. The van der Waals surface area contributed by atoms with Gasteiger partial charge < -0.3 is 15.0 Å². The van der Waals surface area contributed by atoms with Gasteiger partial charge in [-0.05, 0) is 6.16 Å². The molecule has 43 valence electrons. The Hall–Kier alpha value is 0.109. The van der Waals surface area contributed by atoms with Crippen molar-refractivity contribution in [1.29, 1.82) is 0 Å². The molecule has 0 bridgehead atoms. The molecule has 1 radical (unpaired) electrons. The molecule has 0 aliphatic heterocycles. The Morgan fingerprint density at radius 3 is 1.29 bits per heavy atom. The summed E-state index contributed by atoms with van der Waals surface area (Å²) < 4.78 is 8.00. The van der Waals surface area contributed by atoms with Crippen molar-refractivity contribution in [2.75, 3.05) is 0 Å². The zero-order valence-electron chi connectivity index (χ0n) is 2.86. The van der Waals surface area contributed by atoms with Gasteiger partial charge in [-0.25, -0.2) is 0 Å². The number of hydrogen-bond acceptors (Lipinski definition) is 4. The van der Waals surface area contributed by atoms with E-state index in [4.69, 9.17) is 18.8 Å². The van der Waals surface area contributed by atoms with Crippen LogP contribution in [0.1, 0.15) is 0 Å². The van der Waals surface area contributed by atoms with E-state index in [1.165, 1.54) is 0 Å². The molecule has 0 saturated heterocycles. The molecule has 0 amide bonds. The molecule has 7 heavy (non-hydrogen) atoms. The molecule has 0 saturated carbocycles. The molecule has 0 fully saturated rings. The van der Waals surface area contributed by atoms with Crippen molar-refractivity contribution in [3.05, 3.63) is 0 Å². The van der Waals surface area contributed by atoms with Crippen molar-refractivity contribution in [1.82, 2.24) is 0 Å². The molecule has 0 aliphatic rings. The van der Waals surface area contributed by atoms with Gasteiger partial charge in [0, 0.05) is 0 Å². The fraction of sp³-hybridized carbons (Fsp3) is 0. The van der Waals surface area contributed by atoms with Crippen LogP contribution in [0, 0.1) is 0 Å². The third-order valence-electron chi connectivity index (χ3n) is 0. The Labute approximate surface area is 58.4 Å². The number of rotatable bonds is 0. The van der Waals surface area contributed by atoms with Gasteiger partial charge in [0.15, 0.2) is 0 Å². The molecular weight excluding hydrogens is 187 g/mol. The number of hydrogen-bond donors (Lipinski definition) is 0. The molecule has 0 spiro atoms. The molecule has 0 aromatic rings. The predicted octanol–water partition coefficient (Wildman–Crippen LogP) is -2.57. The van der Waals surface area contributed by atoms with Crippen LogP contribution >= 0.6 is 0 Å². The van der Waals surface area contributed by atoms with Crippen LogP contribution in [-0.2, 0) is 36.8 Å². The number of carboxylic acid groups (broad SMARTS) is 2. The van der Waals surface area contributed by atoms with E-state index in [0.29, 0.717) is 0 Å². The van der Waals surface area contributed by atoms with E-state index in [9.17, 15) is 0 Å². The van der Waals surface area contributed by atoms with E-state index in [2.05, 4.69) is 0 Å². The minimum atomic E-state index is -2.33. The van der Waals surface area contributed by atoms with Gasteiger partial charge in [0.2, 0.25) is 0 Å². The second kappa shape index (κ2) is 16.5. The Morgan fingerprint density at radius 2 is 1.29 bits per heavy atom. The average molecular weight is 187 g/mol. The standard InChI is InChI=1S/CH2O3.Fe.Mn.O/c2-1(3)4;;;/h(H2,2,3,4);;;/q;;+2;/p-2. The van der Waals surface area contributed by atoms with E-state index < -0.39 is 6.16 Å². The quantitative estimate of drug-likeness (QED) is 0.390. The zero-order valence-corrected chi connectivity index (χ0v) is 5.15. The molecule has 0 unspecified atom stereocenters. The molecule has 0 rings (SSSR count). The summed E-state index contributed by atoms with van der Waals surface area (Å²) in [6, 6.07) is 0. The summed E-state index contributed by atoms with van der Waals surface area (Å²) in [6.45, 7) is 0. The van der Waals surface area contributed by atoms with Gasteiger partial charge in [-0.3, -0.25) is 0 Å². The first-order valence-corrected chi connectivity index (χ1v) is 1.21. The van der Waals surface area contributed by atoms with Crippen molar-refractivity contribution in [3.8, 4) is 0 Å². The maximum atomic E-state index is 8.33. The fourth-order valence-electron chi connectivity index (χ4n) is 0. The predicted molar refractivity (Wildman–Crippen MR) is 6.08 cm³/mol. The van der Waals surface area contributed by atoms with E-state index >= 15 is 0 Å². The van der Waals surface area contributed by atoms with Crippen molar-refractivity contribution < 1.29 is 51.9 Å². The Balaban J connectivity index is -0.0000000480. The van der Waals surface area contributed by atoms with E-state index in [-0.39, 0.29) is 17.1 Å². The van der Waals surface area contributed by atoms with Crippen LogP contribution in [0.3, 0.4) is 0 Å². The average Bonchev–Trinajstić information content (AvgIpc) is 1.41. The molecule has 0 aliphatic carbocycles. The molecule has 0 N–H and O–H groups in total. The van der Waals surface area contributed by atoms with Crippen molar-refractivity contribution in [2.45, 2.75) is 0 Å². The van der Waals surface area contributed by atoms with Crippen LogP contribution in [0.15, 0.2) is 0 Å². The Morgan fingerprint density at radius 1 is 1.29 bits per heavy atom. The number of carbonyl (C=O) groups is 1. The van der Waals surface area contributed by atoms with Crippen molar-refractivity contribution in [2.24, 2.45) is 0 Å². The summed E-state index contributed by atoms with van der Waals surface area (Å²) in [4.78, 5) is 8.33. The first kappa shape index (κ1) is 15.7. The Kier molecular flexibility index (Phi) is 37.0. The zero-order chi connectivity index (χ0) is 5.58. The number of carbonyl (C=O) groups excluding carboxylic acids is 1. The SMILES string of the molecule is O=C([O-])[O-].[Mn+2].[O]=[Fe]. The summed E-state index contributed by atoms with van der Waals surface area (Å²) in [7, 11) is 0. The summed E-state index contributed by atoms with van der Waals surface area (Å²) in [5.41, 5.74) is 0.